The number of nitrogens with one attached hydrogen (secondary N) is 1. The summed E-state index contributed by atoms with van der Waals surface area (Å²) in [6.07, 6.45) is 4.65. The fraction of sp³-hybridized carbons (Fsp3) is 0.222. The molecule has 0 radical (unpaired) electrons. The number of urea groups is 1. The molecule has 2 heterocycles. The minimum absolute atomic E-state index is 0.320. The number of carboxylic acid groups (broad SMARTS) is 1. The number of rotatable bonds is 2. The fourth-order valence-corrected chi connectivity index (χ4v) is 1.31. The molecule has 2 rings (SSSR count). The van der Waals surface area contributed by atoms with Crippen LogP contribution in [0.2, 0.25) is 0 Å². The van der Waals surface area contributed by atoms with Crippen LogP contribution in [0, 0.1) is 0 Å². The van der Waals surface area contributed by atoms with Crippen molar-refractivity contribution in [1.29, 1.82) is 0 Å². The molecule has 0 fully saturated rings. The van der Waals surface area contributed by atoms with Crippen molar-refractivity contribution in [3.05, 3.63) is 23.7 Å². The topological polar surface area (TPSA) is 95.7 Å². The lowest BCUT2D eigenvalue weighted by molar-refractivity contribution is -0.135. The number of carbonyl (C=O) groups excluding carboxylic acids is 1. The molecule has 0 bridgehead atoms. The first-order chi connectivity index (χ1) is 7.66. The molecule has 1 aromatic rings. The summed E-state index contributed by atoms with van der Waals surface area (Å²) >= 11 is 0. The predicted molar refractivity (Wildman–Crippen MR) is 52.1 cm³/mol. The van der Waals surface area contributed by atoms with Gasteiger partial charge in [-0.25, -0.2) is 4.79 Å². The van der Waals surface area contributed by atoms with Crippen LogP contribution in [0.15, 0.2) is 16.9 Å². The van der Waals surface area contributed by atoms with Gasteiger partial charge in [0.2, 0.25) is 0 Å². The summed E-state index contributed by atoms with van der Waals surface area (Å²) in [5.74, 6) is -0.470. The molecule has 0 aromatic carbocycles. The summed E-state index contributed by atoms with van der Waals surface area (Å²) in [7, 11) is 0. The van der Waals surface area contributed by atoms with Crippen LogP contribution in [-0.4, -0.2) is 33.7 Å². The first kappa shape index (κ1) is 10.2. The van der Waals surface area contributed by atoms with Gasteiger partial charge >= 0.3 is 12.0 Å². The van der Waals surface area contributed by atoms with Gasteiger partial charge in [0.15, 0.2) is 5.76 Å². The number of aromatic nitrogens is 1. The normalized spacial score (nSPS) is 13.4. The summed E-state index contributed by atoms with van der Waals surface area (Å²) in [4.78, 5) is 23.1. The van der Waals surface area contributed by atoms with E-state index in [9.17, 15) is 9.59 Å². The van der Waals surface area contributed by atoms with E-state index in [1.165, 1.54) is 17.3 Å². The Bertz CT molecular complexity index is 451. The van der Waals surface area contributed by atoms with E-state index in [1.54, 1.807) is 6.08 Å². The van der Waals surface area contributed by atoms with E-state index in [0.717, 1.165) is 5.56 Å². The molecule has 16 heavy (non-hydrogen) atoms. The van der Waals surface area contributed by atoms with Crippen molar-refractivity contribution >= 4 is 18.1 Å². The number of nitrogens with zero attached hydrogens (tertiary/aromatic N) is 2. The van der Waals surface area contributed by atoms with Crippen LogP contribution in [0.3, 0.4) is 0 Å². The van der Waals surface area contributed by atoms with E-state index >= 15 is 0 Å². The lowest BCUT2D eigenvalue weighted by Gasteiger charge is -2.20. The third kappa shape index (κ3) is 2.02. The average Bonchev–Trinajstić information content (AvgIpc) is 2.72. The smallest absolute Gasteiger partial charge is 0.323 e. The van der Waals surface area contributed by atoms with Crippen LogP contribution in [0.5, 0.6) is 0 Å². The third-order valence-corrected chi connectivity index (χ3v) is 2.07. The molecular weight excluding hydrogens is 214 g/mol. The van der Waals surface area contributed by atoms with Crippen LogP contribution in [0.25, 0.3) is 6.08 Å². The Balaban J connectivity index is 1.98. The molecular formula is C9H9N3O4. The van der Waals surface area contributed by atoms with Gasteiger partial charge in [0.1, 0.15) is 6.54 Å². The van der Waals surface area contributed by atoms with Crippen LogP contribution in [-0.2, 0) is 11.3 Å². The van der Waals surface area contributed by atoms with Crippen molar-refractivity contribution < 1.29 is 19.2 Å². The number of carboxylic acids is 1. The highest BCUT2D eigenvalue weighted by atomic mass is 16.5. The number of carbonyl (C=O) groups is 2. The standard InChI is InChI=1S/C9H9N3O4/c13-8(14)4-10-9(15)12-2-1-7-6(5-12)3-11-16-7/h1-3H,4-5H2,(H,10,15)(H,13,14). The van der Waals surface area contributed by atoms with Crippen molar-refractivity contribution in [3.63, 3.8) is 0 Å². The van der Waals surface area contributed by atoms with Gasteiger partial charge in [-0.05, 0) is 0 Å². The van der Waals surface area contributed by atoms with Crippen LogP contribution < -0.4 is 5.32 Å². The van der Waals surface area contributed by atoms with Crippen LogP contribution in [0.1, 0.15) is 11.3 Å². The van der Waals surface area contributed by atoms with Gasteiger partial charge in [0, 0.05) is 17.8 Å². The zero-order valence-electron chi connectivity index (χ0n) is 8.21. The summed E-state index contributed by atoms with van der Waals surface area (Å²) in [5, 5.41) is 14.3. The Hall–Kier alpha value is -2.31. The first-order valence-electron chi connectivity index (χ1n) is 4.55. The fourth-order valence-electron chi connectivity index (χ4n) is 1.31. The second-order valence-electron chi connectivity index (χ2n) is 3.21. The van der Waals surface area contributed by atoms with E-state index in [1.807, 2.05) is 0 Å². The summed E-state index contributed by atoms with van der Waals surface area (Å²) < 4.78 is 4.89. The largest absolute Gasteiger partial charge is 0.480 e. The molecule has 84 valence electrons. The second-order valence-corrected chi connectivity index (χ2v) is 3.21. The number of aliphatic carboxylic acids is 1. The number of amides is 2. The van der Waals surface area contributed by atoms with Gasteiger partial charge in [-0.3, -0.25) is 9.69 Å². The molecule has 0 saturated carbocycles. The number of hydrogen-bond acceptors (Lipinski definition) is 4. The average molecular weight is 223 g/mol. The van der Waals surface area contributed by atoms with Gasteiger partial charge in [-0.1, -0.05) is 5.16 Å². The van der Waals surface area contributed by atoms with Crippen molar-refractivity contribution in [2.75, 3.05) is 6.54 Å². The molecule has 1 aliphatic heterocycles. The quantitative estimate of drug-likeness (QED) is 0.749. The molecule has 2 N–H and O–H groups in total. The lowest BCUT2D eigenvalue weighted by Crippen LogP contribution is -2.39. The van der Waals surface area contributed by atoms with E-state index < -0.39 is 18.5 Å². The Kier molecular flexibility index (Phi) is 2.59. The highest BCUT2D eigenvalue weighted by Gasteiger charge is 2.19. The predicted octanol–water partition coefficient (Wildman–Crippen LogP) is 0.255. The maximum Gasteiger partial charge on any atom is 0.323 e. The summed E-state index contributed by atoms with van der Waals surface area (Å²) in [6, 6.07) is -0.467. The van der Waals surface area contributed by atoms with E-state index in [2.05, 4.69) is 10.5 Å². The highest BCUT2D eigenvalue weighted by molar-refractivity contribution is 5.81. The van der Waals surface area contributed by atoms with Crippen LogP contribution >= 0.6 is 0 Å². The lowest BCUT2D eigenvalue weighted by atomic mass is 10.2. The molecule has 1 aromatic heterocycles. The molecule has 2 amide bonds. The third-order valence-electron chi connectivity index (χ3n) is 2.07. The van der Waals surface area contributed by atoms with E-state index in [4.69, 9.17) is 9.63 Å². The molecule has 7 nitrogen and oxygen atoms in total. The Morgan fingerprint density at radius 2 is 2.44 bits per heavy atom. The van der Waals surface area contributed by atoms with Gasteiger partial charge < -0.3 is 14.9 Å². The zero-order valence-corrected chi connectivity index (χ0v) is 8.21. The van der Waals surface area contributed by atoms with Gasteiger partial charge in [0.05, 0.1) is 12.7 Å². The molecule has 0 saturated heterocycles. The Labute approximate surface area is 90.3 Å². The van der Waals surface area contributed by atoms with Crippen molar-refractivity contribution in [2.24, 2.45) is 0 Å². The maximum atomic E-state index is 11.5. The monoisotopic (exact) mass is 223 g/mol. The van der Waals surface area contributed by atoms with Crippen molar-refractivity contribution in [2.45, 2.75) is 6.54 Å². The Morgan fingerprint density at radius 1 is 1.62 bits per heavy atom. The molecule has 1 aliphatic rings. The molecule has 0 atom stereocenters. The van der Waals surface area contributed by atoms with Crippen molar-refractivity contribution in [1.82, 2.24) is 15.4 Å². The molecule has 0 spiro atoms. The second kappa shape index (κ2) is 4.05. The SMILES string of the molecule is O=C(O)CNC(=O)N1C=Cc2oncc2C1. The zero-order chi connectivity index (χ0) is 11.5. The minimum Gasteiger partial charge on any atom is -0.480 e. The van der Waals surface area contributed by atoms with Gasteiger partial charge in [0.25, 0.3) is 0 Å². The van der Waals surface area contributed by atoms with Gasteiger partial charge in [-0.15, -0.1) is 0 Å². The highest BCUT2D eigenvalue weighted by Crippen LogP contribution is 2.18. The minimum atomic E-state index is -1.08. The number of hydrogen-bond donors (Lipinski definition) is 2. The molecule has 0 unspecified atom stereocenters. The molecule has 0 aliphatic carbocycles. The van der Waals surface area contributed by atoms with E-state index in [0.29, 0.717) is 12.3 Å². The van der Waals surface area contributed by atoms with Gasteiger partial charge in [-0.2, -0.15) is 0 Å². The number of fused-ring (bicyclic) bond motifs is 1. The summed E-state index contributed by atoms with van der Waals surface area (Å²) in [6.45, 7) is -0.0829. The maximum absolute atomic E-state index is 11.5. The van der Waals surface area contributed by atoms with E-state index in [-0.39, 0.29) is 0 Å². The molecule has 7 heteroatoms. The van der Waals surface area contributed by atoms with Crippen molar-refractivity contribution in [3.8, 4) is 0 Å². The van der Waals surface area contributed by atoms with Crippen LogP contribution in [0.4, 0.5) is 4.79 Å². The summed E-state index contributed by atoms with van der Waals surface area (Å²) in [5.41, 5.74) is 0.785. The Morgan fingerprint density at radius 3 is 3.19 bits per heavy atom. The first-order valence-corrected chi connectivity index (χ1v) is 4.55.